The Bertz CT molecular complexity index is 113. The van der Waals surface area contributed by atoms with Crippen molar-refractivity contribution < 1.29 is 9.59 Å². The lowest BCUT2D eigenvalue weighted by Gasteiger charge is -2.21. The highest BCUT2D eigenvalue weighted by molar-refractivity contribution is 6.66. The molecule has 3 heteroatoms. The quantitative estimate of drug-likeness (QED) is 0.499. The molecule has 12 heavy (non-hydrogen) atoms. The molecule has 0 aromatic rings. The maximum Gasteiger partial charge on any atom is 0.335 e. The molecule has 0 atom stereocenters. The molecule has 0 spiro atoms. The van der Waals surface area contributed by atoms with E-state index in [0.29, 0.717) is 6.04 Å². The molecule has 0 aliphatic rings. The summed E-state index contributed by atoms with van der Waals surface area (Å²) in [6.07, 6.45) is 4.53. The predicted octanol–water partition coefficient (Wildman–Crippen LogP) is 2.40. The molecule has 0 saturated heterocycles. The van der Waals surface area contributed by atoms with Gasteiger partial charge in [0.1, 0.15) is 0 Å². The smallest absolute Gasteiger partial charge is 0.335 e. The van der Waals surface area contributed by atoms with Crippen LogP contribution in [0.4, 0.5) is 0 Å². The lowest BCUT2D eigenvalue weighted by Crippen LogP contribution is -2.37. The second-order valence-corrected chi connectivity index (χ2v) is 7.26. The Morgan fingerprint density at radius 2 is 1.67 bits per heavy atom. The Hall–Kier alpha value is 0.137. The summed E-state index contributed by atoms with van der Waals surface area (Å²) < 4.78 is 0. The number of unbranched alkanes of at least 4 members (excludes halogenated alkanes) is 3. The van der Waals surface area contributed by atoms with Crippen molar-refractivity contribution in [3.63, 3.8) is 0 Å². The van der Waals surface area contributed by atoms with Gasteiger partial charge in [-0.25, -0.2) is 0 Å². The maximum absolute atomic E-state index is 9.59. The molecule has 0 aliphatic carbocycles. The monoisotopic (exact) mass is 190 g/mol. The Labute approximate surface area is 76.9 Å². The first kappa shape index (κ1) is 12.1. The molecule has 0 aromatic heterocycles. The zero-order valence-electron chi connectivity index (χ0n) is 8.51. The summed E-state index contributed by atoms with van der Waals surface area (Å²) in [5, 5.41) is 0. The summed E-state index contributed by atoms with van der Waals surface area (Å²) in [6.45, 7) is 5.95. The van der Waals surface area contributed by atoms with Crippen LogP contribution >= 0.6 is 0 Å². The van der Waals surface area contributed by atoms with E-state index in [-0.39, 0.29) is 5.54 Å². The molecule has 0 amide bonds. The third kappa shape index (κ3) is 4.90. The Morgan fingerprint density at radius 3 is 2.08 bits per heavy atom. The van der Waals surface area contributed by atoms with Crippen molar-refractivity contribution in [3.8, 4) is 0 Å². The van der Waals surface area contributed by atoms with Crippen LogP contribution in [0.15, 0.2) is 0 Å². The van der Waals surface area contributed by atoms with E-state index in [0.717, 1.165) is 12.8 Å². The molecule has 0 fully saturated rings. The molecule has 0 radical (unpaired) electrons. The summed E-state index contributed by atoms with van der Waals surface area (Å²) in [5.74, 6) is 0. The normalized spacial score (nSPS) is 12.5. The summed E-state index contributed by atoms with van der Waals surface area (Å²) in [5.41, 5.74) is 0.0686. The van der Waals surface area contributed by atoms with Crippen molar-refractivity contribution in [2.75, 3.05) is 0 Å². The Kier molecular flexibility index (Phi) is 5.79. The van der Waals surface area contributed by atoms with Crippen LogP contribution in [-0.2, 0) is 0 Å². The van der Waals surface area contributed by atoms with Crippen LogP contribution in [0.5, 0.6) is 0 Å². The van der Waals surface area contributed by atoms with Gasteiger partial charge >= 0.3 is 8.56 Å². The van der Waals surface area contributed by atoms with E-state index in [1.54, 1.807) is 0 Å². The minimum atomic E-state index is -2.83. The first-order valence-corrected chi connectivity index (χ1v) is 7.13. The fourth-order valence-electron chi connectivity index (χ4n) is 1.10. The van der Waals surface area contributed by atoms with Crippen LogP contribution in [0.25, 0.3) is 0 Å². The molecular formula is C9H22O2Si. The van der Waals surface area contributed by atoms with Gasteiger partial charge in [-0.05, 0) is 11.6 Å². The van der Waals surface area contributed by atoms with Crippen molar-refractivity contribution in [1.82, 2.24) is 0 Å². The highest BCUT2D eigenvalue weighted by Gasteiger charge is 2.32. The highest BCUT2D eigenvalue weighted by atomic mass is 28.4. The van der Waals surface area contributed by atoms with Crippen LogP contribution < -0.4 is 0 Å². The molecule has 2 nitrogen and oxygen atoms in total. The van der Waals surface area contributed by atoms with E-state index in [1.165, 1.54) is 12.8 Å². The topological polar surface area (TPSA) is 40.5 Å². The minimum Gasteiger partial charge on any atom is -0.410 e. The van der Waals surface area contributed by atoms with Crippen molar-refractivity contribution in [2.24, 2.45) is 0 Å². The van der Waals surface area contributed by atoms with Gasteiger partial charge in [0.15, 0.2) is 0 Å². The first-order valence-electron chi connectivity index (χ1n) is 4.95. The second-order valence-electron chi connectivity index (χ2n) is 3.84. The van der Waals surface area contributed by atoms with Crippen LogP contribution in [0.1, 0.15) is 46.5 Å². The van der Waals surface area contributed by atoms with E-state index >= 15 is 0 Å². The molecule has 0 aromatic carbocycles. The lowest BCUT2D eigenvalue weighted by atomic mass is 10.2. The average molecular weight is 190 g/mol. The number of hydrogen-bond acceptors (Lipinski definition) is 2. The van der Waals surface area contributed by atoms with E-state index in [9.17, 15) is 9.59 Å². The summed E-state index contributed by atoms with van der Waals surface area (Å²) in [6, 6.07) is 0.644. The number of rotatable bonds is 6. The fraction of sp³-hybridized carbons (Fsp3) is 1.00. The SMILES string of the molecule is CCCCCC[Si](O)(O)C(C)C. The summed E-state index contributed by atoms with van der Waals surface area (Å²) in [7, 11) is -2.83. The zero-order valence-corrected chi connectivity index (χ0v) is 9.51. The third-order valence-electron chi connectivity index (χ3n) is 2.32. The molecule has 0 unspecified atom stereocenters. The van der Waals surface area contributed by atoms with Crippen LogP contribution in [0, 0.1) is 0 Å². The Balaban J connectivity index is 3.47. The molecule has 0 saturated carbocycles. The van der Waals surface area contributed by atoms with Gasteiger partial charge in [0.2, 0.25) is 0 Å². The predicted molar refractivity (Wildman–Crippen MR) is 54.2 cm³/mol. The standard InChI is InChI=1S/C9H22O2Si/c1-4-5-6-7-8-12(10,11)9(2)3/h9-11H,4-8H2,1-3H3. The van der Waals surface area contributed by atoms with Crippen molar-refractivity contribution in [1.29, 1.82) is 0 Å². The van der Waals surface area contributed by atoms with Gasteiger partial charge in [0.05, 0.1) is 0 Å². The highest BCUT2D eigenvalue weighted by Crippen LogP contribution is 2.21. The molecule has 2 N–H and O–H groups in total. The van der Waals surface area contributed by atoms with Gasteiger partial charge in [-0.1, -0.05) is 46.5 Å². The Morgan fingerprint density at radius 1 is 1.08 bits per heavy atom. The van der Waals surface area contributed by atoms with Gasteiger partial charge in [-0.15, -0.1) is 0 Å². The minimum absolute atomic E-state index is 0.0686. The van der Waals surface area contributed by atoms with Crippen molar-refractivity contribution in [3.05, 3.63) is 0 Å². The maximum atomic E-state index is 9.59. The first-order chi connectivity index (χ1) is 5.50. The van der Waals surface area contributed by atoms with Gasteiger partial charge in [0.25, 0.3) is 0 Å². The molecular weight excluding hydrogens is 168 g/mol. The second kappa shape index (κ2) is 5.73. The van der Waals surface area contributed by atoms with Gasteiger partial charge < -0.3 is 9.59 Å². The average Bonchev–Trinajstić information content (AvgIpc) is 1.98. The zero-order chi connectivity index (χ0) is 9.61. The van der Waals surface area contributed by atoms with Crippen molar-refractivity contribution in [2.45, 2.75) is 58.0 Å². The lowest BCUT2D eigenvalue weighted by molar-refractivity contribution is 0.340. The van der Waals surface area contributed by atoms with Gasteiger partial charge in [0, 0.05) is 0 Å². The summed E-state index contributed by atoms with van der Waals surface area (Å²) >= 11 is 0. The largest absolute Gasteiger partial charge is 0.410 e. The van der Waals surface area contributed by atoms with Gasteiger partial charge in [-0.2, -0.15) is 0 Å². The third-order valence-corrected chi connectivity index (χ3v) is 5.26. The van der Waals surface area contributed by atoms with Crippen molar-refractivity contribution >= 4 is 8.56 Å². The van der Waals surface area contributed by atoms with Crippen LogP contribution in [0.3, 0.4) is 0 Å². The molecule has 0 aliphatic heterocycles. The van der Waals surface area contributed by atoms with E-state index in [4.69, 9.17) is 0 Å². The molecule has 0 rings (SSSR count). The molecule has 74 valence electrons. The van der Waals surface area contributed by atoms with Gasteiger partial charge in [-0.3, -0.25) is 0 Å². The van der Waals surface area contributed by atoms with Crippen LogP contribution in [-0.4, -0.2) is 18.2 Å². The van der Waals surface area contributed by atoms with E-state index < -0.39 is 8.56 Å². The van der Waals surface area contributed by atoms with E-state index in [2.05, 4.69) is 6.92 Å². The van der Waals surface area contributed by atoms with E-state index in [1.807, 2.05) is 13.8 Å². The summed E-state index contributed by atoms with van der Waals surface area (Å²) in [4.78, 5) is 19.2. The van der Waals surface area contributed by atoms with Crippen LogP contribution in [0.2, 0.25) is 11.6 Å². The number of hydrogen-bond donors (Lipinski definition) is 2. The molecule has 0 bridgehead atoms. The fourth-order valence-corrected chi connectivity index (χ4v) is 2.45. The molecule has 0 heterocycles.